The first kappa shape index (κ1) is 8.09. The van der Waals surface area contributed by atoms with E-state index >= 15 is 0 Å². The Bertz CT molecular complexity index is 189. The van der Waals surface area contributed by atoms with Crippen LogP contribution in [0.25, 0.3) is 0 Å². The van der Waals surface area contributed by atoms with Crippen LogP contribution in [0.3, 0.4) is 0 Å². The highest BCUT2D eigenvalue weighted by atomic mass is 15.2. The third kappa shape index (κ3) is 1.48. The molecule has 12 heavy (non-hydrogen) atoms. The molecule has 64 valence electrons. The molecule has 0 unspecified atom stereocenters. The normalized spacial score (nSPS) is 26.4. The average Bonchev–Trinajstić information content (AvgIpc) is 2.04. The molecule has 2 aliphatic heterocycles. The summed E-state index contributed by atoms with van der Waals surface area (Å²) in [5.74, 6) is 2.33. The van der Waals surface area contributed by atoms with Crippen LogP contribution in [-0.2, 0) is 0 Å². The Labute approximate surface area is 73.8 Å². The lowest BCUT2D eigenvalue weighted by atomic mass is 9.34. The molecule has 1 N–H and O–H groups in total. The second kappa shape index (κ2) is 3.46. The van der Waals surface area contributed by atoms with Crippen LogP contribution < -0.4 is 5.32 Å². The predicted molar refractivity (Wildman–Crippen MR) is 49.2 cm³/mol. The number of nitriles is 1. The number of rotatable bonds is 1. The van der Waals surface area contributed by atoms with Gasteiger partial charge in [-0.15, -0.1) is 0 Å². The number of hydrogen-bond donors (Lipinski definition) is 1. The summed E-state index contributed by atoms with van der Waals surface area (Å²) in [6, 6.07) is 0.719. The minimum atomic E-state index is 0.352. The van der Waals surface area contributed by atoms with Crippen LogP contribution in [0.5, 0.6) is 0 Å². The molecule has 2 saturated heterocycles. The van der Waals surface area contributed by atoms with Crippen LogP contribution in [-0.4, -0.2) is 43.8 Å². The SMILES string of the molecule is N#CB1CC(N2CCNCC2)C1. The number of piperazine rings is 1. The van der Waals surface area contributed by atoms with E-state index in [1.54, 1.807) is 0 Å². The highest BCUT2D eigenvalue weighted by molar-refractivity contribution is 6.70. The van der Waals surface area contributed by atoms with Crippen LogP contribution in [0, 0.1) is 11.2 Å². The number of nitrogens with zero attached hydrogens (tertiary/aromatic N) is 2. The van der Waals surface area contributed by atoms with Crippen molar-refractivity contribution < 1.29 is 0 Å². The van der Waals surface area contributed by atoms with Gasteiger partial charge >= 0.3 is 0 Å². The summed E-state index contributed by atoms with van der Waals surface area (Å²) in [4.78, 5) is 2.52. The summed E-state index contributed by atoms with van der Waals surface area (Å²) in [7, 11) is 0. The van der Waals surface area contributed by atoms with Crippen LogP contribution in [0.15, 0.2) is 0 Å². The van der Waals surface area contributed by atoms with E-state index in [2.05, 4.69) is 16.2 Å². The summed E-state index contributed by atoms with van der Waals surface area (Å²) in [6.07, 6.45) is 2.22. The number of nitrogens with one attached hydrogen (secondary N) is 1. The molecular formula is C8H14BN3. The molecule has 4 heteroatoms. The Balaban J connectivity index is 1.76. The second-order valence-electron chi connectivity index (χ2n) is 3.74. The first-order valence-corrected chi connectivity index (χ1v) is 4.74. The Morgan fingerprint density at radius 1 is 1.33 bits per heavy atom. The van der Waals surface area contributed by atoms with Crippen molar-refractivity contribution >= 4 is 6.71 Å². The molecule has 0 saturated carbocycles. The van der Waals surface area contributed by atoms with Crippen molar-refractivity contribution in [1.82, 2.24) is 10.2 Å². The van der Waals surface area contributed by atoms with Gasteiger partial charge in [0.1, 0.15) is 0 Å². The van der Waals surface area contributed by atoms with Crippen molar-refractivity contribution in [2.75, 3.05) is 26.2 Å². The monoisotopic (exact) mass is 163 g/mol. The van der Waals surface area contributed by atoms with E-state index < -0.39 is 0 Å². The van der Waals surface area contributed by atoms with Crippen molar-refractivity contribution in [3.63, 3.8) is 0 Å². The molecule has 0 radical (unpaired) electrons. The summed E-state index contributed by atoms with van der Waals surface area (Å²) in [6.45, 7) is 4.93. The van der Waals surface area contributed by atoms with Crippen LogP contribution in [0.2, 0.25) is 12.6 Å². The molecule has 0 amide bonds. The van der Waals surface area contributed by atoms with E-state index in [4.69, 9.17) is 5.26 Å². The van der Waals surface area contributed by atoms with Gasteiger partial charge in [-0.1, -0.05) is 0 Å². The van der Waals surface area contributed by atoms with E-state index in [-0.39, 0.29) is 0 Å². The first-order valence-electron chi connectivity index (χ1n) is 4.74. The Kier molecular flexibility index (Phi) is 2.34. The van der Waals surface area contributed by atoms with Gasteiger partial charge in [-0.2, -0.15) is 0 Å². The third-order valence-electron chi connectivity index (χ3n) is 2.96. The van der Waals surface area contributed by atoms with Crippen LogP contribution >= 0.6 is 0 Å². The number of hydrogen-bond acceptors (Lipinski definition) is 3. The fourth-order valence-electron chi connectivity index (χ4n) is 2.04. The van der Waals surface area contributed by atoms with E-state index in [9.17, 15) is 0 Å². The van der Waals surface area contributed by atoms with E-state index in [0.717, 1.165) is 31.8 Å². The quantitative estimate of drug-likeness (QED) is 0.545. The highest BCUT2D eigenvalue weighted by Crippen LogP contribution is 2.26. The molecular weight excluding hydrogens is 149 g/mol. The topological polar surface area (TPSA) is 39.1 Å². The zero-order valence-corrected chi connectivity index (χ0v) is 7.29. The molecule has 0 bridgehead atoms. The summed E-state index contributed by atoms with van der Waals surface area (Å²) in [5.41, 5.74) is 0. The fraction of sp³-hybridized carbons (Fsp3) is 0.875. The van der Waals surface area contributed by atoms with Crippen molar-refractivity contribution in [2.45, 2.75) is 18.7 Å². The van der Waals surface area contributed by atoms with E-state index in [0.29, 0.717) is 6.71 Å². The molecule has 2 rings (SSSR count). The van der Waals surface area contributed by atoms with Gasteiger partial charge in [-0.3, -0.25) is 4.90 Å². The zero-order chi connectivity index (χ0) is 8.39. The molecule has 0 aromatic carbocycles. The van der Waals surface area contributed by atoms with Gasteiger partial charge in [0, 0.05) is 32.1 Å². The van der Waals surface area contributed by atoms with Gasteiger partial charge in [-0.05, 0) is 18.7 Å². The zero-order valence-electron chi connectivity index (χ0n) is 7.29. The molecule has 2 aliphatic rings. The molecule has 2 heterocycles. The van der Waals surface area contributed by atoms with Crippen molar-refractivity contribution in [3.05, 3.63) is 0 Å². The fourth-order valence-corrected chi connectivity index (χ4v) is 2.04. The molecule has 0 atom stereocenters. The largest absolute Gasteiger partial charge is 0.314 e. The second-order valence-corrected chi connectivity index (χ2v) is 3.74. The van der Waals surface area contributed by atoms with Crippen LogP contribution in [0.4, 0.5) is 0 Å². The summed E-state index contributed by atoms with van der Waals surface area (Å²) in [5, 5.41) is 12.0. The van der Waals surface area contributed by atoms with Crippen LogP contribution in [0.1, 0.15) is 0 Å². The first-order chi connectivity index (χ1) is 5.90. The Morgan fingerprint density at radius 3 is 2.58 bits per heavy atom. The lowest BCUT2D eigenvalue weighted by Crippen LogP contribution is -2.54. The van der Waals surface area contributed by atoms with Gasteiger partial charge in [-0.25, -0.2) is 5.26 Å². The van der Waals surface area contributed by atoms with Crippen molar-refractivity contribution in [1.29, 1.82) is 5.26 Å². The minimum absolute atomic E-state index is 0.352. The summed E-state index contributed by atoms with van der Waals surface area (Å²) < 4.78 is 0. The molecule has 2 fully saturated rings. The van der Waals surface area contributed by atoms with Crippen molar-refractivity contribution in [3.8, 4) is 5.97 Å². The van der Waals surface area contributed by atoms with Gasteiger partial charge < -0.3 is 5.32 Å². The van der Waals surface area contributed by atoms with Gasteiger partial charge in [0.15, 0.2) is 0 Å². The molecule has 3 nitrogen and oxygen atoms in total. The van der Waals surface area contributed by atoms with Gasteiger partial charge in [0.2, 0.25) is 0 Å². The maximum atomic E-state index is 8.62. The third-order valence-corrected chi connectivity index (χ3v) is 2.96. The standard InChI is InChI=1S/C8H14BN3/c10-7-9-5-8(6-9)12-3-1-11-2-4-12/h8,11H,1-6H2. The highest BCUT2D eigenvalue weighted by Gasteiger charge is 2.36. The van der Waals surface area contributed by atoms with Gasteiger partial charge in [0.05, 0.1) is 0 Å². The Morgan fingerprint density at radius 2 is 2.00 bits per heavy atom. The molecule has 0 aromatic heterocycles. The smallest absolute Gasteiger partial charge is 0.270 e. The molecule has 0 aromatic rings. The van der Waals surface area contributed by atoms with E-state index in [1.165, 1.54) is 13.1 Å². The van der Waals surface area contributed by atoms with Gasteiger partial charge in [0.25, 0.3) is 6.71 Å². The van der Waals surface area contributed by atoms with E-state index in [1.807, 2.05) is 0 Å². The van der Waals surface area contributed by atoms with Crippen molar-refractivity contribution in [2.24, 2.45) is 0 Å². The molecule has 0 spiro atoms. The Hall–Kier alpha value is -0.525. The lowest BCUT2D eigenvalue weighted by Gasteiger charge is -2.41. The maximum absolute atomic E-state index is 8.62. The predicted octanol–water partition coefficient (Wildman–Crippen LogP) is -0.169. The lowest BCUT2D eigenvalue weighted by molar-refractivity contribution is 0.184. The maximum Gasteiger partial charge on any atom is 0.270 e. The molecule has 0 aliphatic carbocycles. The minimum Gasteiger partial charge on any atom is -0.314 e. The summed E-state index contributed by atoms with van der Waals surface area (Å²) >= 11 is 0. The average molecular weight is 163 g/mol.